The van der Waals surface area contributed by atoms with E-state index in [4.69, 9.17) is 5.11 Å². The number of nitrogens with one attached hydrogen (secondary N) is 2. The zero-order chi connectivity index (χ0) is 12.5. The number of aliphatic hydroxyl groups is 1. The lowest BCUT2D eigenvalue weighted by molar-refractivity contribution is 0.300. The summed E-state index contributed by atoms with van der Waals surface area (Å²) in [5.41, 5.74) is 2.43. The van der Waals surface area contributed by atoms with Gasteiger partial charge in [-0.1, -0.05) is 29.8 Å². The first-order valence-electron chi connectivity index (χ1n) is 5.95. The van der Waals surface area contributed by atoms with Gasteiger partial charge in [0.05, 0.1) is 13.2 Å². The van der Waals surface area contributed by atoms with E-state index in [0.29, 0.717) is 13.1 Å². The predicted molar refractivity (Wildman–Crippen MR) is 86.5 cm³/mol. The number of aryl methyl sites for hydroxylation is 1. The monoisotopic (exact) mass is 363 g/mol. The van der Waals surface area contributed by atoms with Gasteiger partial charge in [0.25, 0.3) is 0 Å². The Kier molecular flexibility index (Phi) is 9.67. The molecular weight excluding hydrogens is 341 g/mol. The lowest BCUT2D eigenvalue weighted by Crippen LogP contribution is -2.38. The van der Waals surface area contributed by atoms with Crippen molar-refractivity contribution in [3.63, 3.8) is 0 Å². The van der Waals surface area contributed by atoms with Crippen molar-refractivity contribution in [3.05, 3.63) is 35.4 Å². The van der Waals surface area contributed by atoms with Crippen molar-refractivity contribution in [2.45, 2.75) is 20.4 Å². The van der Waals surface area contributed by atoms with Gasteiger partial charge in [-0.05, 0) is 19.4 Å². The van der Waals surface area contributed by atoms with E-state index in [1.807, 2.05) is 6.92 Å². The minimum Gasteiger partial charge on any atom is -0.395 e. The molecule has 0 aromatic heterocycles. The number of benzene rings is 1. The molecule has 0 saturated heterocycles. The maximum absolute atomic E-state index is 8.75. The van der Waals surface area contributed by atoms with Crippen LogP contribution in [0.15, 0.2) is 29.3 Å². The first kappa shape index (κ1) is 17.2. The normalized spacial score (nSPS) is 10.7. The molecule has 0 amide bonds. The van der Waals surface area contributed by atoms with Crippen molar-refractivity contribution in [1.82, 2.24) is 10.6 Å². The van der Waals surface area contributed by atoms with Gasteiger partial charge < -0.3 is 15.7 Å². The van der Waals surface area contributed by atoms with E-state index in [1.54, 1.807) is 0 Å². The Morgan fingerprint density at radius 3 is 2.44 bits per heavy atom. The average molecular weight is 363 g/mol. The first-order valence-corrected chi connectivity index (χ1v) is 5.95. The molecule has 102 valence electrons. The largest absolute Gasteiger partial charge is 0.395 e. The van der Waals surface area contributed by atoms with Crippen LogP contribution in [-0.2, 0) is 6.54 Å². The highest BCUT2D eigenvalue weighted by atomic mass is 127. The second-order valence-electron chi connectivity index (χ2n) is 3.83. The predicted octanol–water partition coefficient (Wildman–Crippen LogP) is 1.66. The summed E-state index contributed by atoms with van der Waals surface area (Å²) in [4.78, 5) is 4.43. The number of nitrogens with zero attached hydrogens (tertiary/aromatic N) is 1. The summed E-state index contributed by atoms with van der Waals surface area (Å²) in [5, 5.41) is 14.9. The summed E-state index contributed by atoms with van der Waals surface area (Å²) in [6.07, 6.45) is 0. The highest BCUT2D eigenvalue weighted by molar-refractivity contribution is 14.0. The Labute approximate surface area is 126 Å². The molecule has 0 radical (unpaired) electrons. The van der Waals surface area contributed by atoms with E-state index < -0.39 is 0 Å². The zero-order valence-corrected chi connectivity index (χ0v) is 13.3. The van der Waals surface area contributed by atoms with Crippen LogP contribution < -0.4 is 10.6 Å². The third-order valence-electron chi connectivity index (χ3n) is 2.29. The number of aliphatic hydroxyl groups excluding tert-OH is 1. The fraction of sp³-hybridized carbons (Fsp3) is 0.462. The molecule has 0 fully saturated rings. The van der Waals surface area contributed by atoms with Crippen LogP contribution in [0, 0.1) is 6.92 Å². The molecule has 4 nitrogen and oxygen atoms in total. The third kappa shape index (κ3) is 6.80. The molecule has 0 aliphatic carbocycles. The van der Waals surface area contributed by atoms with Crippen molar-refractivity contribution in [2.75, 3.05) is 19.7 Å². The lowest BCUT2D eigenvalue weighted by Gasteiger charge is -2.09. The van der Waals surface area contributed by atoms with Crippen LogP contribution in [0.25, 0.3) is 0 Å². The standard InChI is InChI=1S/C13H21N3O.HI/c1-3-14-13(15-8-9-17)16-10-12-6-4-11(2)5-7-12;/h4-7,17H,3,8-10H2,1-2H3,(H2,14,15,16);1H. The van der Waals surface area contributed by atoms with Crippen LogP contribution in [0.3, 0.4) is 0 Å². The third-order valence-corrected chi connectivity index (χ3v) is 2.29. The van der Waals surface area contributed by atoms with Crippen LogP contribution in [0.2, 0.25) is 0 Å². The molecule has 0 bridgehead atoms. The molecule has 0 spiro atoms. The Morgan fingerprint density at radius 1 is 1.22 bits per heavy atom. The summed E-state index contributed by atoms with van der Waals surface area (Å²) in [6, 6.07) is 8.32. The number of rotatable bonds is 5. The Morgan fingerprint density at radius 2 is 1.89 bits per heavy atom. The fourth-order valence-electron chi connectivity index (χ4n) is 1.38. The highest BCUT2D eigenvalue weighted by Crippen LogP contribution is 2.04. The van der Waals surface area contributed by atoms with Gasteiger partial charge in [0.15, 0.2) is 5.96 Å². The summed E-state index contributed by atoms with van der Waals surface area (Å²) >= 11 is 0. The number of hydrogen-bond acceptors (Lipinski definition) is 2. The van der Waals surface area contributed by atoms with Crippen LogP contribution in [0.4, 0.5) is 0 Å². The van der Waals surface area contributed by atoms with Crippen molar-refractivity contribution < 1.29 is 5.11 Å². The average Bonchev–Trinajstić information content (AvgIpc) is 2.35. The van der Waals surface area contributed by atoms with Crippen molar-refractivity contribution >= 4 is 29.9 Å². The number of halogens is 1. The Bertz CT molecular complexity index is 352. The maximum Gasteiger partial charge on any atom is 0.191 e. The van der Waals surface area contributed by atoms with Gasteiger partial charge >= 0.3 is 0 Å². The van der Waals surface area contributed by atoms with E-state index in [9.17, 15) is 0 Å². The van der Waals surface area contributed by atoms with Gasteiger partial charge in [-0.2, -0.15) is 0 Å². The van der Waals surface area contributed by atoms with E-state index in [2.05, 4.69) is 46.8 Å². The van der Waals surface area contributed by atoms with Gasteiger partial charge in [0.1, 0.15) is 0 Å². The Hall–Kier alpha value is -0.820. The molecule has 1 aromatic carbocycles. The van der Waals surface area contributed by atoms with E-state index >= 15 is 0 Å². The topological polar surface area (TPSA) is 56.7 Å². The molecule has 0 aliphatic rings. The van der Waals surface area contributed by atoms with Crippen LogP contribution in [0.5, 0.6) is 0 Å². The van der Waals surface area contributed by atoms with Gasteiger partial charge in [-0.25, -0.2) is 4.99 Å². The molecule has 5 heteroatoms. The van der Waals surface area contributed by atoms with Crippen LogP contribution in [0.1, 0.15) is 18.1 Å². The van der Waals surface area contributed by atoms with E-state index in [0.717, 1.165) is 12.5 Å². The highest BCUT2D eigenvalue weighted by Gasteiger charge is 1.96. The summed E-state index contributed by atoms with van der Waals surface area (Å²) in [7, 11) is 0. The summed E-state index contributed by atoms with van der Waals surface area (Å²) in [5.74, 6) is 0.738. The Balaban J connectivity index is 0.00000289. The zero-order valence-electron chi connectivity index (χ0n) is 10.9. The molecule has 18 heavy (non-hydrogen) atoms. The molecule has 0 saturated carbocycles. The molecule has 1 rings (SSSR count). The molecule has 1 aromatic rings. The molecule has 0 heterocycles. The molecule has 0 unspecified atom stereocenters. The minimum absolute atomic E-state index is 0. The fourth-order valence-corrected chi connectivity index (χ4v) is 1.38. The molecule has 0 atom stereocenters. The summed E-state index contributed by atoms with van der Waals surface area (Å²) in [6.45, 7) is 6.16. The van der Waals surface area contributed by atoms with Crippen molar-refractivity contribution in [3.8, 4) is 0 Å². The second-order valence-corrected chi connectivity index (χ2v) is 3.83. The summed E-state index contributed by atoms with van der Waals surface area (Å²) < 4.78 is 0. The maximum atomic E-state index is 8.75. The SMILES string of the molecule is CCNC(=NCc1ccc(C)cc1)NCCO.I. The quantitative estimate of drug-likeness (QED) is 0.424. The number of guanidine groups is 1. The molecule has 0 aliphatic heterocycles. The lowest BCUT2D eigenvalue weighted by atomic mass is 10.1. The van der Waals surface area contributed by atoms with E-state index in [-0.39, 0.29) is 30.6 Å². The molecular formula is C13H22IN3O. The van der Waals surface area contributed by atoms with Crippen molar-refractivity contribution in [1.29, 1.82) is 0 Å². The second kappa shape index (κ2) is 10.1. The van der Waals surface area contributed by atoms with Crippen molar-refractivity contribution in [2.24, 2.45) is 4.99 Å². The first-order chi connectivity index (χ1) is 8.26. The number of aliphatic imine (C=N–C) groups is 1. The van der Waals surface area contributed by atoms with Crippen LogP contribution >= 0.6 is 24.0 Å². The van der Waals surface area contributed by atoms with Gasteiger partial charge in [-0.15, -0.1) is 24.0 Å². The number of hydrogen-bond donors (Lipinski definition) is 3. The minimum atomic E-state index is 0. The molecule has 3 N–H and O–H groups in total. The smallest absolute Gasteiger partial charge is 0.191 e. The van der Waals surface area contributed by atoms with E-state index in [1.165, 1.54) is 11.1 Å². The van der Waals surface area contributed by atoms with Crippen LogP contribution in [-0.4, -0.2) is 30.8 Å². The van der Waals surface area contributed by atoms with Gasteiger partial charge in [0, 0.05) is 13.1 Å². The van der Waals surface area contributed by atoms with Gasteiger partial charge in [-0.3, -0.25) is 0 Å². The van der Waals surface area contributed by atoms with Gasteiger partial charge in [0.2, 0.25) is 0 Å².